The predicted molar refractivity (Wildman–Crippen MR) is 72.2 cm³/mol. The van der Waals surface area contributed by atoms with Gasteiger partial charge >= 0.3 is 5.97 Å². The Hall–Kier alpha value is -1.03. The molecule has 0 aliphatic rings. The van der Waals surface area contributed by atoms with Crippen molar-refractivity contribution in [2.45, 2.75) is 11.8 Å². The van der Waals surface area contributed by atoms with Gasteiger partial charge in [0, 0.05) is 6.61 Å². The highest BCUT2D eigenvalue weighted by Crippen LogP contribution is 2.27. The summed E-state index contributed by atoms with van der Waals surface area (Å²) in [6.07, 6.45) is 0. The van der Waals surface area contributed by atoms with Crippen LogP contribution >= 0.6 is 15.9 Å². The lowest BCUT2D eigenvalue weighted by molar-refractivity contribution is 0.0333. The second-order valence-electron chi connectivity index (χ2n) is 3.64. The standard InChI is InChI=1S/C11H13BrFNO5S/c1-2-18-3-4-19-11(15)8-5-7(13)6-9(10(8)12)20(14,16)17/h5-6H,2-4H2,1H3,(H2,14,16,17). The molecule has 1 aromatic carbocycles. The van der Waals surface area contributed by atoms with Gasteiger partial charge in [0.25, 0.3) is 0 Å². The summed E-state index contributed by atoms with van der Waals surface area (Å²) in [5, 5.41) is 4.94. The van der Waals surface area contributed by atoms with E-state index >= 15 is 0 Å². The van der Waals surface area contributed by atoms with Gasteiger partial charge < -0.3 is 9.47 Å². The fourth-order valence-corrected chi connectivity index (χ4v) is 3.04. The number of carbonyl (C=O) groups excluding carboxylic acids is 1. The molecule has 0 bridgehead atoms. The van der Waals surface area contributed by atoms with E-state index in [9.17, 15) is 17.6 Å². The Morgan fingerprint density at radius 2 is 2.05 bits per heavy atom. The van der Waals surface area contributed by atoms with Crippen molar-refractivity contribution in [3.63, 3.8) is 0 Å². The first-order valence-electron chi connectivity index (χ1n) is 5.54. The number of hydrogen-bond donors (Lipinski definition) is 1. The normalized spacial score (nSPS) is 11.4. The van der Waals surface area contributed by atoms with Crippen LogP contribution < -0.4 is 5.14 Å². The molecular weight excluding hydrogens is 357 g/mol. The van der Waals surface area contributed by atoms with E-state index in [2.05, 4.69) is 15.9 Å². The van der Waals surface area contributed by atoms with E-state index in [0.717, 1.165) is 12.1 Å². The van der Waals surface area contributed by atoms with Gasteiger partial charge in [0.1, 0.15) is 12.4 Å². The van der Waals surface area contributed by atoms with Crippen LogP contribution in [0.4, 0.5) is 4.39 Å². The quantitative estimate of drug-likeness (QED) is 0.604. The number of primary sulfonamides is 1. The summed E-state index contributed by atoms with van der Waals surface area (Å²) < 4.78 is 45.6. The maximum atomic E-state index is 13.4. The molecule has 0 saturated heterocycles. The second kappa shape index (κ2) is 7.11. The van der Waals surface area contributed by atoms with Gasteiger partial charge in [-0.1, -0.05) is 0 Å². The highest BCUT2D eigenvalue weighted by atomic mass is 79.9. The van der Waals surface area contributed by atoms with Crippen molar-refractivity contribution < 1.29 is 27.1 Å². The number of halogens is 2. The summed E-state index contributed by atoms with van der Waals surface area (Å²) >= 11 is 2.92. The maximum Gasteiger partial charge on any atom is 0.339 e. The highest BCUT2D eigenvalue weighted by Gasteiger charge is 2.22. The number of esters is 1. The van der Waals surface area contributed by atoms with E-state index in [1.165, 1.54) is 0 Å². The first-order chi connectivity index (χ1) is 9.27. The molecule has 0 atom stereocenters. The Balaban J connectivity index is 3.01. The zero-order valence-corrected chi connectivity index (χ0v) is 13.0. The van der Waals surface area contributed by atoms with Crippen LogP contribution in [0.3, 0.4) is 0 Å². The van der Waals surface area contributed by atoms with Gasteiger partial charge in [0.05, 0.1) is 21.5 Å². The topological polar surface area (TPSA) is 95.7 Å². The lowest BCUT2D eigenvalue weighted by Gasteiger charge is -2.09. The van der Waals surface area contributed by atoms with E-state index in [-0.39, 0.29) is 23.2 Å². The average molecular weight is 370 g/mol. The molecule has 2 N–H and O–H groups in total. The maximum absolute atomic E-state index is 13.4. The molecular formula is C11H13BrFNO5S. The van der Waals surface area contributed by atoms with Crippen LogP contribution in [-0.2, 0) is 19.5 Å². The molecule has 0 amide bonds. The number of rotatable bonds is 6. The highest BCUT2D eigenvalue weighted by molar-refractivity contribution is 9.10. The molecule has 0 fully saturated rings. The summed E-state index contributed by atoms with van der Waals surface area (Å²) in [6, 6.07) is 1.58. The molecule has 20 heavy (non-hydrogen) atoms. The molecule has 0 heterocycles. The zero-order chi connectivity index (χ0) is 15.3. The number of sulfonamides is 1. The number of benzene rings is 1. The zero-order valence-electron chi connectivity index (χ0n) is 10.6. The molecule has 0 spiro atoms. The fraction of sp³-hybridized carbons (Fsp3) is 0.364. The molecule has 0 aliphatic heterocycles. The summed E-state index contributed by atoms with van der Waals surface area (Å²) in [7, 11) is -4.16. The number of ether oxygens (including phenoxy) is 2. The van der Waals surface area contributed by atoms with Crippen LogP contribution in [0.15, 0.2) is 21.5 Å². The van der Waals surface area contributed by atoms with Crippen molar-refractivity contribution >= 4 is 31.9 Å². The Labute approximate surface area is 124 Å². The van der Waals surface area contributed by atoms with Crippen LogP contribution in [0.25, 0.3) is 0 Å². The lowest BCUT2D eigenvalue weighted by atomic mass is 10.2. The van der Waals surface area contributed by atoms with Crippen molar-refractivity contribution in [1.82, 2.24) is 0 Å². The molecule has 112 valence electrons. The number of hydrogen-bond acceptors (Lipinski definition) is 5. The predicted octanol–water partition coefficient (Wildman–Crippen LogP) is 1.43. The van der Waals surface area contributed by atoms with E-state index in [0.29, 0.717) is 6.61 Å². The van der Waals surface area contributed by atoms with Gasteiger partial charge in [-0.05, 0) is 35.0 Å². The van der Waals surface area contributed by atoms with E-state index < -0.39 is 26.7 Å². The van der Waals surface area contributed by atoms with Crippen molar-refractivity contribution in [3.8, 4) is 0 Å². The minimum absolute atomic E-state index is 0.0274. The fourth-order valence-electron chi connectivity index (χ4n) is 1.34. The van der Waals surface area contributed by atoms with E-state index in [1.54, 1.807) is 6.92 Å². The monoisotopic (exact) mass is 369 g/mol. The summed E-state index contributed by atoms with van der Waals surface area (Å²) in [6.45, 7) is 2.41. The van der Waals surface area contributed by atoms with Gasteiger partial charge in [-0.25, -0.2) is 22.7 Å². The van der Waals surface area contributed by atoms with Crippen LogP contribution in [0, 0.1) is 5.82 Å². The Morgan fingerprint density at radius 1 is 1.40 bits per heavy atom. The van der Waals surface area contributed by atoms with Gasteiger partial charge in [-0.15, -0.1) is 0 Å². The SMILES string of the molecule is CCOCCOC(=O)c1cc(F)cc(S(N)(=O)=O)c1Br. The molecule has 0 radical (unpaired) electrons. The van der Waals surface area contributed by atoms with Crippen LogP contribution in [0.5, 0.6) is 0 Å². The summed E-state index contributed by atoms with van der Waals surface area (Å²) in [5.41, 5.74) is -0.259. The molecule has 0 aromatic heterocycles. The third-order valence-corrected chi connectivity index (χ3v) is 4.25. The Kier molecular flexibility index (Phi) is 6.06. The molecule has 9 heteroatoms. The molecule has 6 nitrogen and oxygen atoms in total. The molecule has 0 unspecified atom stereocenters. The third-order valence-electron chi connectivity index (χ3n) is 2.20. The Bertz CT molecular complexity index is 605. The molecule has 0 aliphatic carbocycles. The van der Waals surface area contributed by atoms with Gasteiger partial charge in [0.2, 0.25) is 10.0 Å². The van der Waals surface area contributed by atoms with Gasteiger partial charge in [0.15, 0.2) is 0 Å². The average Bonchev–Trinajstić information content (AvgIpc) is 2.35. The van der Waals surface area contributed by atoms with E-state index in [1.807, 2.05) is 0 Å². The molecule has 0 saturated carbocycles. The largest absolute Gasteiger partial charge is 0.460 e. The lowest BCUT2D eigenvalue weighted by Crippen LogP contribution is -2.17. The summed E-state index contributed by atoms with van der Waals surface area (Å²) in [4.78, 5) is 11.2. The van der Waals surface area contributed by atoms with E-state index in [4.69, 9.17) is 14.6 Å². The van der Waals surface area contributed by atoms with Gasteiger partial charge in [-0.3, -0.25) is 0 Å². The van der Waals surface area contributed by atoms with Gasteiger partial charge in [-0.2, -0.15) is 0 Å². The second-order valence-corrected chi connectivity index (χ2v) is 5.97. The van der Waals surface area contributed by atoms with Crippen molar-refractivity contribution in [3.05, 3.63) is 28.0 Å². The molecule has 1 rings (SSSR count). The van der Waals surface area contributed by atoms with Crippen LogP contribution in [0.2, 0.25) is 0 Å². The third kappa shape index (κ3) is 4.51. The molecule has 1 aromatic rings. The van der Waals surface area contributed by atoms with Crippen LogP contribution in [-0.4, -0.2) is 34.2 Å². The van der Waals surface area contributed by atoms with Crippen LogP contribution in [0.1, 0.15) is 17.3 Å². The first kappa shape index (κ1) is 17.0. The Morgan fingerprint density at radius 3 is 2.60 bits per heavy atom. The van der Waals surface area contributed by atoms with Crippen molar-refractivity contribution in [2.75, 3.05) is 19.8 Å². The number of nitrogens with two attached hydrogens (primary N) is 1. The summed E-state index contributed by atoms with van der Waals surface area (Å²) in [5.74, 6) is -1.78. The van der Waals surface area contributed by atoms with Crippen molar-refractivity contribution in [2.24, 2.45) is 5.14 Å². The minimum Gasteiger partial charge on any atom is -0.460 e. The first-order valence-corrected chi connectivity index (χ1v) is 7.88. The smallest absolute Gasteiger partial charge is 0.339 e. The minimum atomic E-state index is -4.16. The number of carbonyl (C=O) groups is 1. The van der Waals surface area contributed by atoms with Crippen molar-refractivity contribution in [1.29, 1.82) is 0 Å².